The van der Waals surface area contributed by atoms with Gasteiger partial charge in [-0.1, -0.05) is 33.6 Å². The summed E-state index contributed by atoms with van der Waals surface area (Å²) >= 11 is 9.78. The van der Waals surface area contributed by atoms with E-state index < -0.39 is 0 Å². The van der Waals surface area contributed by atoms with E-state index in [4.69, 9.17) is 16.3 Å². The molecule has 0 amide bonds. The van der Waals surface area contributed by atoms with Crippen LogP contribution in [-0.4, -0.2) is 12.7 Å². The summed E-state index contributed by atoms with van der Waals surface area (Å²) in [6.45, 7) is 1.75. The Morgan fingerprint density at radius 1 is 1.50 bits per heavy atom. The van der Waals surface area contributed by atoms with Crippen molar-refractivity contribution < 1.29 is 9.13 Å². The highest BCUT2D eigenvalue weighted by Crippen LogP contribution is 2.45. The molecule has 100 valence electrons. The van der Waals surface area contributed by atoms with Crippen LogP contribution in [-0.2, 0) is 4.74 Å². The predicted molar refractivity (Wildman–Crippen MR) is 76.0 cm³/mol. The van der Waals surface area contributed by atoms with Gasteiger partial charge in [0.2, 0.25) is 0 Å². The van der Waals surface area contributed by atoms with Gasteiger partial charge in [-0.3, -0.25) is 0 Å². The second-order valence-corrected chi connectivity index (χ2v) is 6.55. The van der Waals surface area contributed by atoms with Crippen LogP contribution in [0.2, 0.25) is 5.02 Å². The van der Waals surface area contributed by atoms with E-state index in [2.05, 4.69) is 15.9 Å². The van der Waals surface area contributed by atoms with Crippen LogP contribution in [0.1, 0.15) is 41.6 Å². The van der Waals surface area contributed by atoms with Crippen LogP contribution in [0.3, 0.4) is 0 Å². The Kier molecular flexibility index (Phi) is 4.35. The molecule has 4 heteroatoms. The summed E-state index contributed by atoms with van der Waals surface area (Å²) in [5.41, 5.74) is 1.54. The monoisotopic (exact) mass is 334 g/mol. The minimum atomic E-state index is -0.256. The first-order valence-corrected chi connectivity index (χ1v) is 7.41. The second-order valence-electron chi connectivity index (χ2n) is 5.04. The van der Waals surface area contributed by atoms with E-state index >= 15 is 0 Å². The third-order valence-corrected chi connectivity index (χ3v) is 5.01. The molecule has 0 heterocycles. The highest BCUT2D eigenvalue weighted by atomic mass is 79.9. The van der Waals surface area contributed by atoms with Gasteiger partial charge < -0.3 is 4.74 Å². The maximum absolute atomic E-state index is 13.4. The molecule has 0 saturated heterocycles. The van der Waals surface area contributed by atoms with Gasteiger partial charge in [0.25, 0.3) is 0 Å². The molecule has 1 atom stereocenters. The number of aryl methyl sites for hydroxylation is 1. The molecule has 1 saturated carbocycles. The van der Waals surface area contributed by atoms with Crippen molar-refractivity contribution in [2.75, 3.05) is 7.11 Å². The molecule has 1 aromatic rings. The lowest BCUT2D eigenvalue weighted by Crippen LogP contribution is -2.39. The lowest BCUT2D eigenvalue weighted by Gasteiger charge is -2.42. The van der Waals surface area contributed by atoms with Crippen LogP contribution in [0, 0.1) is 12.7 Å². The van der Waals surface area contributed by atoms with E-state index in [9.17, 15) is 4.39 Å². The highest BCUT2D eigenvalue weighted by molar-refractivity contribution is 9.09. The van der Waals surface area contributed by atoms with E-state index in [0.29, 0.717) is 10.6 Å². The summed E-state index contributed by atoms with van der Waals surface area (Å²) in [5, 5.41) is 0.477. The third-order valence-electron chi connectivity index (χ3n) is 3.86. The number of ether oxygens (including phenoxy) is 1. The van der Waals surface area contributed by atoms with Crippen molar-refractivity contribution in [1.29, 1.82) is 0 Å². The fraction of sp³-hybridized carbons (Fsp3) is 0.571. The van der Waals surface area contributed by atoms with Gasteiger partial charge in [0.15, 0.2) is 0 Å². The summed E-state index contributed by atoms with van der Waals surface area (Å²) in [7, 11) is 1.76. The predicted octanol–water partition coefficient (Wildman–Crippen LogP) is 5.18. The van der Waals surface area contributed by atoms with Crippen LogP contribution in [0.5, 0.6) is 0 Å². The number of rotatable bonds is 4. The Morgan fingerprint density at radius 3 is 2.67 bits per heavy atom. The maximum atomic E-state index is 13.4. The first-order valence-electron chi connectivity index (χ1n) is 6.12. The number of benzene rings is 1. The van der Waals surface area contributed by atoms with Crippen LogP contribution in [0.4, 0.5) is 4.39 Å². The Bertz CT molecular complexity index is 440. The van der Waals surface area contributed by atoms with Crippen molar-refractivity contribution in [3.63, 3.8) is 0 Å². The summed E-state index contributed by atoms with van der Waals surface area (Å²) in [5.74, 6) is -0.256. The number of hydrogen-bond acceptors (Lipinski definition) is 1. The zero-order valence-corrected chi connectivity index (χ0v) is 12.9. The fourth-order valence-electron chi connectivity index (χ4n) is 2.42. The molecular weight excluding hydrogens is 319 g/mol. The molecular formula is C14H17BrClFO. The van der Waals surface area contributed by atoms with Gasteiger partial charge in [-0.15, -0.1) is 0 Å². The summed E-state index contributed by atoms with van der Waals surface area (Å²) < 4.78 is 19.0. The van der Waals surface area contributed by atoms with E-state index in [1.165, 1.54) is 12.5 Å². The number of methoxy groups -OCH3 is 1. The first-order chi connectivity index (χ1) is 8.47. The van der Waals surface area contributed by atoms with Gasteiger partial charge in [-0.2, -0.15) is 0 Å². The van der Waals surface area contributed by atoms with Gasteiger partial charge in [-0.05, 0) is 49.8 Å². The fourth-order valence-corrected chi connectivity index (χ4v) is 3.80. The standard InChI is InChI=1S/C14H17BrClFO/c1-9-6-10(12(16)7-13(9)17)11(15)8-14(18-2)4-3-5-14/h6-7,11H,3-5,8H2,1-2H3. The SMILES string of the molecule is COC1(CC(Br)c2cc(C)c(F)cc2Cl)CCC1. The van der Waals surface area contributed by atoms with Gasteiger partial charge in [0.1, 0.15) is 5.82 Å². The Labute approximate surface area is 121 Å². The minimum Gasteiger partial charge on any atom is -0.378 e. The number of alkyl halides is 1. The van der Waals surface area contributed by atoms with Crippen LogP contribution >= 0.6 is 27.5 Å². The summed E-state index contributed by atoms with van der Waals surface area (Å²) in [4.78, 5) is 0.101. The molecule has 18 heavy (non-hydrogen) atoms. The zero-order chi connectivity index (χ0) is 13.3. The Balaban J connectivity index is 2.18. The van der Waals surface area contributed by atoms with Crippen LogP contribution < -0.4 is 0 Å². The smallest absolute Gasteiger partial charge is 0.127 e. The van der Waals surface area contributed by atoms with E-state index in [0.717, 1.165) is 24.8 Å². The van der Waals surface area contributed by atoms with E-state index in [-0.39, 0.29) is 16.2 Å². The van der Waals surface area contributed by atoms with Gasteiger partial charge >= 0.3 is 0 Å². The first kappa shape index (κ1) is 14.3. The molecule has 1 unspecified atom stereocenters. The van der Waals surface area contributed by atoms with Crippen LogP contribution in [0.25, 0.3) is 0 Å². The molecule has 0 spiro atoms. The molecule has 1 aromatic carbocycles. The van der Waals surface area contributed by atoms with E-state index in [1.807, 2.05) is 6.07 Å². The summed E-state index contributed by atoms with van der Waals surface area (Å²) in [6.07, 6.45) is 4.25. The third kappa shape index (κ3) is 2.73. The van der Waals surface area contributed by atoms with Crippen molar-refractivity contribution in [1.82, 2.24) is 0 Å². The molecule has 1 aliphatic rings. The van der Waals surface area contributed by atoms with Gasteiger partial charge in [0, 0.05) is 17.0 Å². The van der Waals surface area contributed by atoms with Gasteiger partial charge in [0.05, 0.1) is 5.60 Å². The molecule has 0 radical (unpaired) electrons. The topological polar surface area (TPSA) is 9.23 Å². The van der Waals surface area contributed by atoms with Crippen molar-refractivity contribution in [2.24, 2.45) is 0 Å². The summed E-state index contributed by atoms with van der Waals surface area (Å²) in [6, 6.07) is 3.21. The average Bonchev–Trinajstić information content (AvgIpc) is 2.28. The van der Waals surface area contributed by atoms with Gasteiger partial charge in [-0.25, -0.2) is 4.39 Å². The normalized spacial score (nSPS) is 19.4. The molecule has 1 nitrogen and oxygen atoms in total. The molecule has 0 aromatic heterocycles. The lowest BCUT2D eigenvalue weighted by atomic mass is 9.76. The van der Waals surface area contributed by atoms with Crippen molar-refractivity contribution in [3.05, 3.63) is 34.1 Å². The number of halogens is 3. The number of hydrogen-bond donors (Lipinski definition) is 0. The second kappa shape index (κ2) is 5.48. The van der Waals surface area contributed by atoms with E-state index in [1.54, 1.807) is 14.0 Å². The molecule has 1 fully saturated rings. The van der Waals surface area contributed by atoms with Crippen molar-refractivity contribution in [2.45, 2.75) is 43.0 Å². The molecule has 0 bridgehead atoms. The Morgan fingerprint density at radius 2 is 2.17 bits per heavy atom. The molecule has 0 aliphatic heterocycles. The van der Waals surface area contributed by atoms with Crippen molar-refractivity contribution >= 4 is 27.5 Å². The highest BCUT2D eigenvalue weighted by Gasteiger charge is 2.39. The van der Waals surface area contributed by atoms with Crippen LogP contribution in [0.15, 0.2) is 12.1 Å². The molecule has 1 aliphatic carbocycles. The molecule has 2 rings (SSSR count). The maximum Gasteiger partial charge on any atom is 0.127 e. The molecule has 0 N–H and O–H groups in total. The largest absolute Gasteiger partial charge is 0.378 e. The minimum absolute atomic E-state index is 0.0280. The lowest BCUT2D eigenvalue weighted by molar-refractivity contribution is -0.0773. The zero-order valence-electron chi connectivity index (χ0n) is 10.6. The Hall–Kier alpha value is -0.120. The quantitative estimate of drug-likeness (QED) is 0.689. The van der Waals surface area contributed by atoms with Crippen molar-refractivity contribution in [3.8, 4) is 0 Å². The average molecular weight is 336 g/mol.